The Morgan fingerprint density at radius 1 is 1.40 bits per heavy atom. The van der Waals surface area contributed by atoms with Crippen LogP contribution in [0.5, 0.6) is 0 Å². The molecule has 1 fully saturated rings. The largest absolute Gasteiger partial charge is 0.325 e. The van der Waals surface area contributed by atoms with Crippen molar-refractivity contribution in [1.29, 1.82) is 0 Å². The summed E-state index contributed by atoms with van der Waals surface area (Å²) in [5.74, 6) is 0.662. The first-order valence-electron chi connectivity index (χ1n) is 6.73. The van der Waals surface area contributed by atoms with E-state index >= 15 is 0 Å². The van der Waals surface area contributed by atoms with Crippen LogP contribution in [0.2, 0.25) is 0 Å². The van der Waals surface area contributed by atoms with E-state index in [0.717, 1.165) is 18.5 Å². The molecular weight excluding hydrogens is 254 g/mol. The number of aryl methyl sites for hydroxylation is 1. The molecule has 0 aromatic carbocycles. The SMILES string of the molecule is Cc1ccnc(C2(C)CCCN2C(=O)c2ccn[nH]2)n1. The lowest BCUT2D eigenvalue weighted by molar-refractivity contribution is 0.0597. The van der Waals surface area contributed by atoms with Gasteiger partial charge in [0.2, 0.25) is 0 Å². The predicted molar refractivity (Wildman–Crippen MR) is 73.0 cm³/mol. The van der Waals surface area contributed by atoms with E-state index in [1.807, 2.05) is 24.8 Å². The summed E-state index contributed by atoms with van der Waals surface area (Å²) >= 11 is 0. The third kappa shape index (κ3) is 1.97. The Morgan fingerprint density at radius 3 is 2.95 bits per heavy atom. The molecule has 20 heavy (non-hydrogen) atoms. The number of likely N-dealkylation sites (tertiary alicyclic amines) is 1. The summed E-state index contributed by atoms with van der Waals surface area (Å²) in [6.45, 7) is 4.68. The van der Waals surface area contributed by atoms with Crippen molar-refractivity contribution in [3.8, 4) is 0 Å². The fourth-order valence-electron chi connectivity index (χ4n) is 2.75. The molecule has 0 aliphatic carbocycles. The van der Waals surface area contributed by atoms with Gasteiger partial charge in [-0.1, -0.05) is 0 Å². The molecule has 3 heterocycles. The predicted octanol–water partition coefficient (Wildman–Crippen LogP) is 1.66. The van der Waals surface area contributed by atoms with Crippen LogP contribution in [-0.2, 0) is 5.54 Å². The highest BCUT2D eigenvalue weighted by Crippen LogP contribution is 2.37. The standard InChI is InChI=1S/C14H17N5O/c1-10-4-7-15-13(17-10)14(2)6-3-9-19(14)12(20)11-5-8-16-18-11/h4-5,7-8H,3,6,9H2,1-2H3,(H,16,18). The van der Waals surface area contributed by atoms with Gasteiger partial charge in [-0.25, -0.2) is 9.97 Å². The van der Waals surface area contributed by atoms with Gasteiger partial charge in [-0.05, 0) is 38.8 Å². The summed E-state index contributed by atoms with van der Waals surface area (Å²) in [6.07, 6.45) is 5.16. The summed E-state index contributed by atoms with van der Waals surface area (Å²) in [5.41, 5.74) is 0.969. The average molecular weight is 271 g/mol. The molecule has 3 rings (SSSR count). The number of rotatable bonds is 2. The van der Waals surface area contributed by atoms with Crippen LogP contribution >= 0.6 is 0 Å². The lowest BCUT2D eigenvalue weighted by atomic mass is 9.97. The fourth-order valence-corrected chi connectivity index (χ4v) is 2.75. The second-order valence-electron chi connectivity index (χ2n) is 5.33. The highest BCUT2D eigenvalue weighted by atomic mass is 16.2. The first kappa shape index (κ1) is 12.8. The second-order valence-corrected chi connectivity index (χ2v) is 5.33. The molecule has 0 bridgehead atoms. The van der Waals surface area contributed by atoms with Crippen LogP contribution in [0.15, 0.2) is 24.5 Å². The highest BCUT2D eigenvalue weighted by molar-refractivity contribution is 5.93. The van der Waals surface area contributed by atoms with E-state index in [2.05, 4.69) is 20.2 Å². The third-order valence-corrected chi connectivity index (χ3v) is 3.89. The first-order valence-corrected chi connectivity index (χ1v) is 6.73. The minimum atomic E-state index is -0.450. The summed E-state index contributed by atoms with van der Waals surface area (Å²) in [7, 11) is 0. The molecule has 1 unspecified atom stereocenters. The number of amides is 1. The van der Waals surface area contributed by atoms with Crippen molar-refractivity contribution in [2.45, 2.75) is 32.2 Å². The number of H-pyrrole nitrogens is 1. The Kier molecular flexibility index (Phi) is 3.00. The van der Waals surface area contributed by atoms with Gasteiger partial charge >= 0.3 is 0 Å². The van der Waals surface area contributed by atoms with E-state index in [1.165, 1.54) is 0 Å². The van der Waals surface area contributed by atoms with Crippen molar-refractivity contribution in [2.75, 3.05) is 6.54 Å². The Labute approximate surface area is 117 Å². The summed E-state index contributed by atoms with van der Waals surface area (Å²) < 4.78 is 0. The maximum absolute atomic E-state index is 12.6. The Hall–Kier alpha value is -2.24. The maximum atomic E-state index is 12.6. The first-order chi connectivity index (χ1) is 9.61. The molecule has 2 aromatic heterocycles. The van der Waals surface area contributed by atoms with E-state index in [-0.39, 0.29) is 5.91 Å². The number of hydrogen-bond acceptors (Lipinski definition) is 4. The van der Waals surface area contributed by atoms with Crippen LogP contribution in [-0.4, -0.2) is 37.5 Å². The van der Waals surface area contributed by atoms with Gasteiger partial charge in [0.15, 0.2) is 5.82 Å². The van der Waals surface area contributed by atoms with E-state index < -0.39 is 5.54 Å². The second kappa shape index (κ2) is 4.70. The number of carbonyl (C=O) groups excluding carboxylic acids is 1. The maximum Gasteiger partial charge on any atom is 0.272 e. The normalized spacial score (nSPS) is 22.2. The molecular formula is C14H17N5O. The topological polar surface area (TPSA) is 74.8 Å². The molecule has 0 saturated carbocycles. The molecule has 1 N–H and O–H groups in total. The summed E-state index contributed by atoms with van der Waals surface area (Å²) in [4.78, 5) is 23.3. The van der Waals surface area contributed by atoms with Crippen molar-refractivity contribution >= 4 is 5.91 Å². The van der Waals surface area contributed by atoms with Gasteiger partial charge in [-0.15, -0.1) is 0 Å². The summed E-state index contributed by atoms with van der Waals surface area (Å²) in [6, 6.07) is 3.56. The third-order valence-electron chi connectivity index (χ3n) is 3.89. The molecule has 1 amide bonds. The molecule has 2 aromatic rings. The average Bonchev–Trinajstić information content (AvgIpc) is 3.08. The van der Waals surface area contributed by atoms with Gasteiger partial charge < -0.3 is 4.90 Å². The Bertz CT molecular complexity index is 624. The fraction of sp³-hybridized carbons (Fsp3) is 0.429. The molecule has 6 nitrogen and oxygen atoms in total. The van der Waals surface area contributed by atoms with Crippen LogP contribution in [0.4, 0.5) is 0 Å². The van der Waals surface area contributed by atoms with Gasteiger partial charge in [-0.2, -0.15) is 5.10 Å². The van der Waals surface area contributed by atoms with Crippen LogP contribution in [0, 0.1) is 6.92 Å². The van der Waals surface area contributed by atoms with Crippen LogP contribution < -0.4 is 0 Å². The molecule has 1 aliphatic heterocycles. The van der Waals surface area contributed by atoms with Crippen molar-refractivity contribution < 1.29 is 4.79 Å². The monoisotopic (exact) mass is 271 g/mol. The van der Waals surface area contributed by atoms with Crippen molar-refractivity contribution in [2.24, 2.45) is 0 Å². The molecule has 6 heteroatoms. The molecule has 1 saturated heterocycles. The van der Waals surface area contributed by atoms with E-state index in [4.69, 9.17) is 0 Å². The number of nitrogens with one attached hydrogen (secondary N) is 1. The van der Waals surface area contributed by atoms with Gasteiger partial charge in [0.05, 0.1) is 0 Å². The van der Waals surface area contributed by atoms with Crippen molar-refractivity contribution in [3.63, 3.8) is 0 Å². The molecule has 1 atom stereocenters. The van der Waals surface area contributed by atoms with Crippen molar-refractivity contribution in [3.05, 3.63) is 41.7 Å². The number of hydrogen-bond donors (Lipinski definition) is 1. The number of carbonyl (C=O) groups is 1. The minimum Gasteiger partial charge on any atom is -0.325 e. The summed E-state index contributed by atoms with van der Waals surface area (Å²) in [5, 5.41) is 6.58. The number of nitrogens with zero attached hydrogens (tertiary/aromatic N) is 4. The molecule has 0 radical (unpaired) electrons. The lowest BCUT2D eigenvalue weighted by Crippen LogP contribution is -2.44. The zero-order valence-corrected chi connectivity index (χ0v) is 11.6. The van der Waals surface area contributed by atoms with Gasteiger partial charge in [0, 0.05) is 24.6 Å². The highest BCUT2D eigenvalue weighted by Gasteiger charge is 2.43. The van der Waals surface area contributed by atoms with Crippen LogP contribution in [0.25, 0.3) is 0 Å². The van der Waals surface area contributed by atoms with E-state index in [1.54, 1.807) is 18.5 Å². The van der Waals surface area contributed by atoms with Gasteiger partial charge in [-0.3, -0.25) is 9.89 Å². The van der Waals surface area contributed by atoms with E-state index in [9.17, 15) is 4.79 Å². The molecule has 1 aliphatic rings. The Balaban J connectivity index is 1.97. The molecule has 0 spiro atoms. The smallest absolute Gasteiger partial charge is 0.272 e. The van der Waals surface area contributed by atoms with Crippen LogP contribution in [0.1, 0.15) is 41.8 Å². The zero-order valence-electron chi connectivity index (χ0n) is 11.6. The van der Waals surface area contributed by atoms with E-state index in [0.29, 0.717) is 18.1 Å². The number of aromatic nitrogens is 4. The Morgan fingerprint density at radius 2 is 2.25 bits per heavy atom. The molecule has 104 valence electrons. The minimum absolute atomic E-state index is 0.0485. The number of aromatic amines is 1. The zero-order chi connectivity index (χ0) is 14.2. The lowest BCUT2D eigenvalue weighted by Gasteiger charge is -2.33. The van der Waals surface area contributed by atoms with Gasteiger partial charge in [0.25, 0.3) is 5.91 Å². The van der Waals surface area contributed by atoms with Crippen molar-refractivity contribution in [1.82, 2.24) is 25.1 Å². The van der Waals surface area contributed by atoms with Crippen LogP contribution in [0.3, 0.4) is 0 Å². The quantitative estimate of drug-likeness (QED) is 0.901. The van der Waals surface area contributed by atoms with Gasteiger partial charge in [0.1, 0.15) is 11.2 Å².